The normalized spacial score (nSPS) is 12.3. The van der Waals surface area contributed by atoms with E-state index in [4.69, 9.17) is 5.73 Å². The van der Waals surface area contributed by atoms with Crippen molar-refractivity contribution in [3.8, 4) is 0 Å². The summed E-state index contributed by atoms with van der Waals surface area (Å²) in [6.07, 6.45) is 1.12. The Morgan fingerprint density at radius 3 is 2.75 bits per heavy atom. The Kier molecular flexibility index (Phi) is 4.05. The molecule has 2 aromatic rings. The highest BCUT2D eigenvalue weighted by Crippen LogP contribution is 2.22. The Balaban J connectivity index is 2.30. The van der Waals surface area contributed by atoms with Crippen LogP contribution in [0.25, 0.3) is 10.9 Å². The van der Waals surface area contributed by atoms with Crippen LogP contribution in [-0.2, 0) is 11.2 Å². The lowest BCUT2D eigenvalue weighted by molar-refractivity contribution is -0.120. The quantitative estimate of drug-likeness (QED) is 0.780. The van der Waals surface area contributed by atoms with Crippen molar-refractivity contribution in [1.82, 2.24) is 9.88 Å². The van der Waals surface area contributed by atoms with E-state index >= 15 is 0 Å². The number of nitrogens with one attached hydrogen (secondary N) is 1. The first-order chi connectivity index (χ1) is 9.52. The minimum atomic E-state index is -1.02. The summed E-state index contributed by atoms with van der Waals surface area (Å²) in [5.41, 5.74) is 6.78. The minimum absolute atomic E-state index is 0.0543. The van der Waals surface area contributed by atoms with Gasteiger partial charge in [-0.2, -0.15) is 0 Å². The lowest BCUT2D eigenvalue weighted by Gasteiger charge is -2.12. The second kappa shape index (κ2) is 5.75. The number of rotatable bonds is 4. The van der Waals surface area contributed by atoms with Crippen molar-refractivity contribution >= 4 is 22.9 Å². The Hall–Kier alpha value is -2.34. The van der Waals surface area contributed by atoms with Crippen LogP contribution in [0.15, 0.2) is 30.5 Å². The third kappa shape index (κ3) is 2.80. The molecule has 1 aromatic heterocycles. The molecule has 0 radical (unpaired) electrons. The number of nitrogens with zero attached hydrogens (tertiary/aromatic N) is 1. The van der Waals surface area contributed by atoms with Crippen molar-refractivity contribution in [2.45, 2.75) is 19.4 Å². The molecule has 6 heteroatoms. The number of amides is 1. The molecule has 1 aromatic carbocycles. The van der Waals surface area contributed by atoms with Crippen LogP contribution in [0.5, 0.6) is 0 Å². The van der Waals surface area contributed by atoms with Gasteiger partial charge in [0.25, 0.3) is 0 Å². The van der Waals surface area contributed by atoms with E-state index in [1.54, 1.807) is 18.3 Å². The standard InChI is InChI=1S/C14H17N3O3/c1-9(16-13(18)7-15)6-10-8-17(14(19)20)12-5-3-2-4-11(10)12/h2-5,8-9H,6-7,15H2,1H3,(H,16,18)(H,19,20)/t9-/m1/s1. The molecule has 4 N–H and O–H groups in total. The number of carboxylic acid groups (broad SMARTS) is 1. The van der Waals surface area contributed by atoms with Crippen LogP contribution in [0, 0.1) is 0 Å². The van der Waals surface area contributed by atoms with Crippen molar-refractivity contribution in [2.24, 2.45) is 5.73 Å². The van der Waals surface area contributed by atoms with Crippen LogP contribution >= 0.6 is 0 Å². The summed E-state index contributed by atoms with van der Waals surface area (Å²) >= 11 is 0. The van der Waals surface area contributed by atoms with Crippen LogP contribution in [0.2, 0.25) is 0 Å². The molecule has 0 saturated heterocycles. The molecule has 0 unspecified atom stereocenters. The minimum Gasteiger partial charge on any atom is -0.464 e. The number of aromatic nitrogens is 1. The molecule has 0 fully saturated rings. The molecule has 2 rings (SSSR count). The van der Waals surface area contributed by atoms with Gasteiger partial charge in [0.15, 0.2) is 0 Å². The van der Waals surface area contributed by atoms with Crippen LogP contribution < -0.4 is 11.1 Å². The third-order valence-corrected chi connectivity index (χ3v) is 3.12. The fourth-order valence-corrected chi connectivity index (χ4v) is 2.29. The van der Waals surface area contributed by atoms with E-state index < -0.39 is 6.09 Å². The number of para-hydroxylation sites is 1. The summed E-state index contributed by atoms with van der Waals surface area (Å²) in [6, 6.07) is 7.18. The molecule has 1 heterocycles. The zero-order chi connectivity index (χ0) is 14.7. The summed E-state index contributed by atoms with van der Waals surface area (Å²) in [4.78, 5) is 22.5. The van der Waals surface area contributed by atoms with Crippen LogP contribution in [0.1, 0.15) is 12.5 Å². The second-order valence-electron chi connectivity index (χ2n) is 4.70. The maximum absolute atomic E-state index is 11.3. The molecule has 0 bridgehead atoms. The average molecular weight is 275 g/mol. The molecule has 1 amide bonds. The van der Waals surface area contributed by atoms with E-state index in [2.05, 4.69) is 5.32 Å². The summed E-state index contributed by atoms with van der Waals surface area (Å²) in [6.45, 7) is 1.81. The first kappa shape index (κ1) is 14.1. The predicted octanol–water partition coefficient (Wildman–Crippen LogP) is 1.17. The molecular weight excluding hydrogens is 258 g/mol. The number of carbonyl (C=O) groups is 2. The number of hydrogen-bond acceptors (Lipinski definition) is 3. The lowest BCUT2D eigenvalue weighted by atomic mass is 10.1. The molecule has 1 atom stereocenters. The third-order valence-electron chi connectivity index (χ3n) is 3.12. The maximum Gasteiger partial charge on any atom is 0.416 e. The Morgan fingerprint density at radius 2 is 2.10 bits per heavy atom. The van der Waals surface area contributed by atoms with E-state index in [9.17, 15) is 14.7 Å². The van der Waals surface area contributed by atoms with Gasteiger partial charge in [0.1, 0.15) is 0 Å². The maximum atomic E-state index is 11.3. The molecule has 0 spiro atoms. The number of benzene rings is 1. The monoisotopic (exact) mass is 275 g/mol. The van der Waals surface area contributed by atoms with Gasteiger partial charge in [-0.3, -0.25) is 9.36 Å². The molecule has 0 saturated carbocycles. The zero-order valence-electron chi connectivity index (χ0n) is 11.2. The molecule has 6 nitrogen and oxygen atoms in total. The highest BCUT2D eigenvalue weighted by atomic mass is 16.4. The SMILES string of the molecule is C[C@H](Cc1cn(C(=O)O)c2ccccc12)NC(=O)CN. The van der Waals surface area contributed by atoms with Crippen LogP contribution in [0.4, 0.5) is 4.79 Å². The van der Waals surface area contributed by atoms with Crippen molar-refractivity contribution in [2.75, 3.05) is 6.54 Å². The lowest BCUT2D eigenvalue weighted by Crippen LogP contribution is -2.38. The number of carbonyl (C=O) groups excluding carboxylic acids is 1. The summed E-state index contributed by atoms with van der Waals surface area (Å²) < 4.78 is 1.20. The van der Waals surface area contributed by atoms with Gasteiger partial charge in [0.2, 0.25) is 5.91 Å². The fourth-order valence-electron chi connectivity index (χ4n) is 2.29. The number of hydrogen-bond donors (Lipinski definition) is 3. The molecule has 0 aliphatic heterocycles. The Bertz CT molecular complexity index is 648. The van der Waals surface area contributed by atoms with E-state index in [1.165, 1.54) is 4.57 Å². The summed E-state index contributed by atoms with van der Waals surface area (Å²) in [5, 5.41) is 12.8. The first-order valence-corrected chi connectivity index (χ1v) is 6.34. The topological polar surface area (TPSA) is 97.4 Å². The van der Waals surface area contributed by atoms with Crippen molar-refractivity contribution < 1.29 is 14.7 Å². The highest BCUT2D eigenvalue weighted by molar-refractivity contribution is 5.91. The Labute approximate surface area is 116 Å². The number of nitrogens with two attached hydrogens (primary N) is 1. The molecule has 0 aliphatic rings. The second-order valence-corrected chi connectivity index (χ2v) is 4.70. The van der Waals surface area contributed by atoms with Gasteiger partial charge >= 0.3 is 6.09 Å². The smallest absolute Gasteiger partial charge is 0.416 e. The van der Waals surface area contributed by atoms with Gasteiger partial charge in [0, 0.05) is 17.6 Å². The van der Waals surface area contributed by atoms with E-state index in [0.29, 0.717) is 11.9 Å². The zero-order valence-corrected chi connectivity index (χ0v) is 11.2. The van der Waals surface area contributed by atoms with Gasteiger partial charge in [-0.25, -0.2) is 4.79 Å². The van der Waals surface area contributed by atoms with Gasteiger partial charge < -0.3 is 16.2 Å². The largest absolute Gasteiger partial charge is 0.464 e. The summed E-state index contributed by atoms with van der Waals surface area (Å²) in [5.74, 6) is -0.223. The van der Waals surface area contributed by atoms with E-state index in [-0.39, 0.29) is 18.5 Å². The van der Waals surface area contributed by atoms with Gasteiger partial charge in [0.05, 0.1) is 12.1 Å². The number of fused-ring (bicyclic) bond motifs is 1. The predicted molar refractivity (Wildman–Crippen MR) is 75.7 cm³/mol. The highest BCUT2D eigenvalue weighted by Gasteiger charge is 2.15. The first-order valence-electron chi connectivity index (χ1n) is 6.34. The van der Waals surface area contributed by atoms with Crippen LogP contribution in [-0.4, -0.2) is 34.3 Å². The fraction of sp³-hybridized carbons (Fsp3) is 0.286. The van der Waals surface area contributed by atoms with Crippen molar-refractivity contribution in [3.05, 3.63) is 36.0 Å². The van der Waals surface area contributed by atoms with Crippen molar-refractivity contribution in [1.29, 1.82) is 0 Å². The van der Waals surface area contributed by atoms with Gasteiger partial charge in [-0.15, -0.1) is 0 Å². The van der Waals surface area contributed by atoms with E-state index in [0.717, 1.165) is 10.9 Å². The molecular formula is C14H17N3O3. The van der Waals surface area contributed by atoms with Crippen molar-refractivity contribution in [3.63, 3.8) is 0 Å². The van der Waals surface area contributed by atoms with E-state index in [1.807, 2.05) is 19.1 Å². The summed E-state index contributed by atoms with van der Waals surface area (Å²) in [7, 11) is 0. The molecule has 0 aliphatic carbocycles. The molecule has 20 heavy (non-hydrogen) atoms. The van der Waals surface area contributed by atoms with Crippen LogP contribution in [0.3, 0.4) is 0 Å². The molecule has 106 valence electrons. The average Bonchev–Trinajstić information content (AvgIpc) is 2.78. The Morgan fingerprint density at radius 1 is 1.40 bits per heavy atom. The van der Waals surface area contributed by atoms with Gasteiger partial charge in [-0.05, 0) is 25.0 Å². The van der Waals surface area contributed by atoms with Gasteiger partial charge in [-0.1, -0.05) is 18.2 Å².